The van der Waals surface area contributed by atoms with Crippen molar-refractivity contribution in [3.05, 3.63) is 59.7 Å². The number of anilines is 2. The molecular formula is C16H18N2O2. The van der Waals surface area contributed by atoms with Gasteiger partial charge < -0.3 is 16.2 Å². The number of aliphatic hydroxyl groups is 1. The van der Waals surface area contributed by atoms with Gasteiger partial charge in [-0.15, -0.1) is 0 Å². The van der Waals surface area contributed by atoms with E-state index < -0.39 is 6.10 Å². The number of Topliss-reactive ketones (excluding diaryl/α,β-unsaturated/α-hetero) is 1. The minimum Gasteiger partial charge on any atom is -0.399 e. The second kappa shape index (κ2) is 6.21. The first-order valence-electron chi connectivity index (χ1n) is 6.44. The van der Waals surface area contributed by atoms with Gasteiger partial charge in [-0.05, 0) is 48.9 Å². The number of ketones is 1. The predicted octanol–water partition coefficient (Wildman–Crippen LogP) is 2.62. The highest BCUT2D eigenvalue weighted by molar-refractivity contribution is 5.94. The zero-order chi connectivity index (χ0) is 14.5. The molecule has 0 saturated carbocycles. The van der Waals surface area contributed by atoms with E-state index in [1.807, 2.05) is 24.3 Å². The summed E-state index contributed by atoms with van der Waals surface area (Å²) in [6.45, 7) is 1.91. The highest BCUT2D eigenvalue weighted by Crippen LogP contribution is 2.17. The fourth-order valence-corrected chi connectivity index (χ4v) is 1.92. The van der Waals surface area contributed by atoms with Gasteiger partial charge in [-0.2, -0.15) is 0 Å². The lowest BCUT2D eigenvalue weighted by Gasteiger charge is -2.13. The molecule has 104 valence electrons. The fourth-order valence-electron chi connectivity index (χ4n) is 1.92. The minimum absolute atomic E-state index is 0.0383. The number of carbonyl (C=O) groups excluding carboxylic acids is 1. The molecule has 0 fully saturated rings. The minimum atomic E-state index is -0.633. The number of nitrogens with two attached hydrogens (primary N) is 1. The summed E-state index contributed by atoms with van der Waals surface area (Å²) >= 11 is 0. The molecule has 0 heterocycles. The molecule has 0 aliphatic rings. The van der Waals surface area contributed by atoms with Crippen molar-refractivity contribution >= 4 is 17.2 Å². The largest absolute Gasteiger partial charge is 0.399 e. The Morgan fingerprint density at radius 1 is 1.25 bits per heavy atom. The molecule has 4 nitrogen and oxygen atoms in total. The SMILES string of the molecule is CC(=O)c1ccc(NCC(O)c2cccc(N)c2)cc1. The summed E-state index contributed by atoms with van der Waals surface area (Å²) in [5.74, 6) is 0.0383. The fraction of sp³-hybridized carbons (Fsp3) is 0.188. The van der Waals surface area contributed by atoms with E-state index in [0.717, 1.165) is 11.3 Å². The first-order valence-corrected chi connectivity index (χ1v) is 6.44. The van der Waals surface area contributed by atoms with Crippen molar-refractivity contribution in [1.82, 2.24) is 0 Å². The van der Waals surface area contributed by atoms with E-state index in [1.165, 1.54) is 6.92 Å². The van der Waals surface area contributed by atoms with Crippen LogP contribution in [0.25, 0.3) is 0 Å². The lowest BCUT2D eigenvalue weighted by molar-refractivity contribution is 0.101. The van der Waals surface area contributed by atoms with E-state index in [1.54, 1.807) is 24.3 Å². The zero-order valence-electron chi connectivity index (χ0n) is 11.3. The Balaban J connectivity index is 1.96. The first-order chi connectivity index (χ1) is 9.56. The van der Waals surface area contributed by atoms with Crippen LogP contribution in [0.1, 0.15) is 28.9 Å². The summed E-state index contributed by atoms with van der Waals surface area (Å²) in [4.78, 5) is 11.2. The number of hydrogen-bond donors (Lipinski definition) is 3. The Morgan fingerprint density at radius 2 is 1.95 bits per heavy atom. The summed E-state index contributed by atoms with van der Waals surface area (Å²) in [6, 6.07) is 14.4. The van der Waals surface area contributed by atoms with Crippen LogP contribution >= 0.6 is 0 Å². The molecule has 4 N–H and O–H groups in total. The number of nitrogen functional groups attached to an aromatic ring is 1. The molecule has 0 amide bonds. The van der Waals surface area contributed by atoms with Crippen LogP contribution < -0.4 is 11.1 Å². The zero-order valence-corrected chi connectivity index (χ0v) is 11.3. The summed E-state index contributed by atoms with van der Waals surface area (Å²) < 4.78 is 0. The van der Waals surface area contributed by atoms with Crippen molar-refractivity contribution in [2.75, 3.05) is 17.6 Å². The average Bonchev–Trinajstić information content (AvgIpc) is 2.45. The van der Waals surface area contributed by atoms with Gasteiger partial charge in [0.05, 0.1) is 6.10 Å². The molecule has 0 spiro atoms. The third-order valence-corrected chi connectivity index (χ3v) is 3.09. The average molecular weight is 270 g/mol. The van der Waals surface area contributed by atoms with E-state index in [9.17, 15) is 9.90 Å². The van der Waals surface area contributed by atoms with Crippen LogP contribution in [-0.4, -0.2) is 17.4 Å². The molecule has 0 radical (unpaired) electrons. The van der Waals surface area contributed by atoms with Gasteiger partial charge in [0.25, 0.3) is 0 Å². The molecule has 2 rings (SSSR count). The van der Waals surface area contributed by atoms with Crippen molar-refractivity contribution in [2.24, 2.45) is 0 Å². The topological polar surface area (TPSA) is 75.3 Å². The van der Waals surface area contributed by atoms with E-state index in [2.05, 4.69) is 5.32 Å². The van der Waals surface area contributed by atoms with E-state index >= 15 is 0 Å². The molecule has 0 aliphatic heterocycles. The molecule has 2 aromatic rings. The first kappa shape index (κ1) is 14.1. The highest BCUT2D eigenvalue weighted by atomic mass is 16.3. The molecule has 1 unspecified atom stereocenters. The van der Waals surface area contributed by atoms with Gasteiger partial charge in [0, 0.05) is 23.5 Å². The maximum absolute atomic E-state index is 11.2. The smallest absolute Gasteiger partial charge is 0.159 e. The van der Waals surface area contributed by atoms with Crippen LogP contribution in [0.5, 0.6) is 0 Å². The molecule has 2 aromatic carbocycles. The van der Waals surface area contributed by atoms with Gasteiger partial charge in [0.2, 0.25) is 0 Å². The summed E-state index contributed by atoms with van der Waals surface area (Å²) in [6.07, 6.45) is -0.633. The summed E-state index contributed by atoms with van der Waals surface area (Å²) in [5.41, 5.74) is 8.63. The van der Waals surface area contributed by atoms with Crippen molar-refractivity contribution in [2.45, 2.75) is 13.0 Å². The van der Waals surface area contributed by atoms with Crippen LogP contribution in [-0.2, 0) is 0 Å². The van der Waals surface area contributed by atoms with Gasteiger partial charge in [-0.1, -0.05) is 12.1 Å². The molecule has 0 saturated heterocycles. The Bertz CT molecular complexity index is 594. The van der Waals surface area contributed by atoms with Crippen LogP contribution in [0.4, 0.5) is 11.4 Å². The van der Waals surface area contributed by atoms with E-state index in [0.29, 0.717) is 17.8 Å². The van der Waals surface area contributed by atoms with Gasteiger partial charge in [0.15, 0.2) is 5.78 Å². The van der Waals surface area contributed by atoms with Crippen molar-refractivity contribution in [1.29, 1.82) is 0 Å². The summed E-state index contributed by atoms with van der Waals surface area (Å²) in [7, 11) is 0. The Hall–Kier alpha value is -2.33. The van der Waals surface area contributed by atoms with Gasteiger partial charge in [0.1, 0.15) is 0 Å². The maximum Gasteiger partial charge on any atom is 0.159 e. The van der Waals surface area contributed by atoms with Crippen molar-refractivity contribution in [3.63, 3.8) is 0 Å². The van der Waals surface area contributed by atoms with Crippen LogP contribution in [0, 0.1) is 0 Å². The van der Waals surface area contributed by atoms with Crippen LogP contribution in [0.15, 0.2) is 48.5 Å². The van der Waals surface area contributed by atoms with E-state index in [-0.39, 0.29) is 5.78 Å². The van der Waals surface area contributed by atoms with E-state index in [4.69, 9.17) is 5.73 Å². The second-order valence-corrected chi connectivity index (χ2v) is 4.70. The monoisotopic (exact) mass is 270 g/mol. The van der Waals surface area contributed by atoms with Gasteiger partial charge in [-0.3, -0.25) is 4.79 Å². The number of benzene rings is 2. The van der Waals surface area contributed by atoms with Gasteiger partial charge in [-0.25, -0.2) is 0 Å². The van der Waals surface area contributed by atoms with Crippen LogP contribution in [0.3, 0.4) is 0 Å². The lowest BCUT2D eigenvalue weighted by atomic mass is 10.1. The number of carbonyl (C=O) groups is 1. The number of hydrogen-bond acceptors (Lipinski definition) is 4. The van der Waals surface area contributed by atoms with Crippen LogP contribution in [0.2, 0.25) is 0 Å². The molecule has 0 aliphatic carbocycles. The number of rotatable bonds is 5. The number of nitrogens with one attached hydrogen (secondary N) is 1. The molecule has 1 atom stereocenters. The normalized spacial score (nSPS) is 11.9. The summed E-state index contributed by atoms with van der Waals surface area (Å²) in [5, 5.41) is 13.2. The Labute approximate surface area is 118 Å². The quantitative estimate of drug-likeness (QED) is 0.576. The predicted molar refractivity (Wildman–Crippen MR) is 80.8 cm³/mol. The standard InChI is InChI=1S/C16H18N2O2/c1-11(19)12-5-7-15(8-6-12)18-10-16(20)13-3-2-4-14(17)9-13/h2-9,16,18,20H,10,17H2,1H3. The molecule has 20 heavy (non-hydrogen) atoms. The molecule has 0 bridgehead atoms. The second-order valence-electron chi connectivity index (χ2n) is 4.70. The van der Waals surface area contributed by atoms with Crippen molar-refractivity contribution < 1.29 is 9.90 Å². The third kappa shape index (κ3) is 3.59. The Morgan fingerprint density at radius 3 is 2.55 bits per heavy atom. The van der Waals surface area contributed by atoms with Crippen molar-refractivity contribution in [3.8, 4) is 0 Å². The maximum atomic E-state index is 11.2. The lowest BCUT2D eigenvalue weighted by Crippen LogP contribution is -2.12. The Kier molecular flexibility index (Phi) is 4.38. The molecular weight excluding hydrogens is 252 g/mol. The molecule has 0 aromatic heterocycles. The molecule has 4 heteroatoms. The highest BCUT2D eigenvalue weighted by Gasteiger charge is 2.07. The van der Waals surface area contributed by atoms with Gasteiger partial charge >= 0.3 is 0 Å². The number of aliphatic hydroxyl groups excluding tert-OH is 1. The third-order valence-electron chi connectivity index (χ3n) is 3.09.